The number of halogens is 1. The topological polar surface area (TPSA) is 44.1 Å². The maximum absolute atomic E-state index is 14.0. The number of hydrogen-bond acceptors (Lipinski definition) is 3. The van der Waals surface area contributed by atoms with Gasteiger partial charge in [-0.15, -0.1) is 0 Å². The van der Waals surface area contributed by atoms with E-state index < -0.39 is 0 Å². The van der Waals surface area contributed by atoms with Crippen LogP contribution in [0.4, 0.5) is 4.39 Å². The average Bonchev–Trinajstić information content (AvgIpc) is 3.30. The Bertz CT molecular complexity index is 1540. The van der Waals surface area contributed by atoms with Crippen molar-refractivity contribution in [2.75, 3.05) is 7.11 Å². The lowest BCUT2D eigenvalue weighted by Gasteiger charge is -2.16. The van der Waals surface area contributed by atoms with Crippen molar-refractivity contribution in [1.82, 2.24) is 9.55 Å². The minimum Gasteiger partial charge on any atom is -0.497 e. The van der Waals surface area contributed by atoms with Crippen LogP contribution in [0, 0.1) is 24.6 Å². The zero-order valence-corrected chi connectivity index (χ0v) is 26.2. The minimum atomic E-state index is -0.235. The Labute approximate surface area is 262 Å². The van der Waals surface area contributed by atoms with Crippen molar-refractivity contribution in [3.63, 3.8) is 0 Å². The first kappa shape index (κ1) is 31.4. The molecule has 0 bridgehead atoms. The lowest BCUT2D eigenvalue weighted by atomic mass is 9.90. The Morgan fingerprint density at radius 2 is 1.89 bits per heavy atom. The van der Waals surface area contributed by atoms with Gasteiger partial charge in [-0.3, -0.25) is 4.79 Å². The molecule has 2 unspecified atom stereocenters. The number of ether oxygens (including phenoxy) is 1. The molecule has 230 valence electrons. The molecule has 5 heteroatoms. The van der Waals surface area contributed by atoms with Crippen molar-refractivity contribution < 1.29 is 13.9 Å². The van der Waals surface area contributed by atoms with E-state index in [1.165, 1.54) is 37.3 Å². The second kappa shape index (κ2) is 15.1. The molecule has 0 radical (unpaired) electrons. The van der Waals surface area contributed by atoms with E-state index in [9.17, 15) is 9.18 Å². The number of nitrogens with zero attached hydrogens (tertiary/aromatic N) is 2. The summed E-state index contributed by atoms with van der Waals surface area (Å²) in [6.07, 6.45) is 23.7. The Morgan fingerprint density at radius 1 is 1.09 bits per heavy atom. The zero-order chi connectivity index (χ0) is 30.9. The summed E-state index contributed by atoms with van der Waals surface area (Å²) in [7, 11) is 1.74. The summed E-state index contributed by atoms with van der Waals surface area (Å²) in [6.45, 7) is 5.61. The minimum absolute atomic E-state index is 0.231. The van der Waals surface area contributed by atoms with Crippen LogP contribution in [0.25, 0.3) is 23.0 Å². The third kappa shape index (κ3) is 8.34. The first-order valence-corrected chi connectivity index (χ1v) is 16.1. The molecular weight excluding hydrogens is 547 g/mol. The van der Waals surface area contributed by atoms with E-state index in [0.29, 0.717) is 23.8 Å². The monoisotopic (exact) mass is 592 g/mol. The van der Waals surface area contributed by atoms with Gasteiger partial charge in [-0.1, -0.05) is 62.6 Å². The van der Waals surface area contributed by atoms with Crippen LogP contribution < -0.4 is 0 Å². The SMILES string of the molecule is C=Cc1ccc(-n2cc(-c3ccc(F)c(C)c3)nc2CC(=O)CC2CCCC(CCC3=C/CC/C=C/C(OC)=C\3)CC2)cc1. The van der Waals surface area contributed by atoms with Crippen LogP contribution in [0.2, 0.25) is 0 Å². The fourth-order valence-corrected chi connectivity index (χ4v) is 6.53. The van der Waals surface area contributed by atoms with Crippen molar-refractivity contribution in [3.8, 4) is 16.9 Å². The number of allylic oxidation sites excluding steroid dienone is 5. The predicted octanol–water partition coefficient (Wildman–Crippen LogP) is 9.91. The summed E-state index contributed by atoms with van der Waals surface area (Å²) in [5, 5.41) is 0. The molecule has 2 aliphatic carbocycles. The molecule has 1 heterocycles. The molecule has 2 aliphatic rings. The molecule has 44 heavy (non-hydrogen) atoms. The lowest BCUT2D eigenvalue weighted by molar-refractivity contribution is -0.119. The van der Waals surface area contributed by atoms with Gasteiger partial charge in [-0.2, -0.15) is 0 Å². The summed E-state index contributed by atoms with van der Waals surface area (Å²) in [4.78, 5) is 18.4. The standard InChI is InChI=1S/C39H45FN2O2/c1-4-29-17-20-34(21-18-29)42-27-38(33-19-22-37(40)28(2)23-33)41-39(42)26-35(43)24-31-11-8-10-30(13-15-31)14-16-32-9-6-5-7-12-36(25-32)44-3/h4,7,9,12,17-23,25,27,30-31H,1,5-6,8,10-11,13-16,24,26H2,2-3H3/b12-7+,32-9-,36-25+. The highest BCUT2D eigenvalue weighted by Crippen LogP contribution is 2.33. The third-order valence-electron chi connectivity index (χ3n) is 9.15. The molecule has 1 saturated carbocycles. The van der Waals surface area contributed by atoms with Crippen LogP contribution in [-0.4, -0.2) is 22.4 Å². The number of aromatic nitrogens is 2. The molecule has 0 N–H and O–H groups in total. The number of ketones is 1. The molecule has 1 aromatic heterocycles. The second-order valence-electron chi connectivity index (χ2n) is 12.4. The molecule has 0 spiro atoms. The smallest absolute Gasteiger partial charge is 0.140 e. The van der Waals surface area contributed by atoms with Gasteiger partial charge in [0.15, 0.2) is 0 Å². The molecule has 2 aromatic carbocycles. The normalized spacial score (nSPS) is 22.0. The van der Waals surface area contributed by atoms with E-state index in [1.807, 2.05) is 47.2 Å². The maximum Gasteiger partial charge on any atom is 0.140 e. The number of imidazole rings is 1. The molecular formula is C39H45FN2O2. The summed E-state index contributed by atoms with van der Waals surface area (Å²) in [6, 6.07) is 13.1. The van der Waals surface area contributed by atoms with E-state index >= 15 is 0 Å². The highest BCUT2D eigenvalue weighted by atomic mass is 19.1. The number of Topliss-reactive ketones (excluding diaryl/α,β-unsaturated/α-hetero) is 1. The number of carbonyl (C=O) groups excluding carboxylic acids is 1. The van der Waals surface area contributed by atoms with Gasteiger partial charge in [-0.25, -0.2) is 9.37 Å². The molecule has 5 rings (SSSR count). The summed E-state index contributed by atoms with van der Waals surface area (Å²) < 4.78 is 21.5. The largest absolute Gasteiger partial charge is 0.497 e. The average molecular weight is 593 g/mol. The van der Waals surface area contributed by atoms with Crippen molar-refractivity contribution in [1.29, 1.82) is 0 Å². The quantitative estimate of drug-likeness (QED) is 0.208. The number of benzene rings is 2. The van der Waals surface area contributed by atoms with Crippen LogP contribution in [0.1, 0.15) is 81.2 Å². The number of aryl methyl sites for hydroxylation is 1. The van der Waals surface area contributed by atoms with E-state index in [2.05, 4.69) is 30.9 Å². The van der Waals surface area contributed by atoms with Crippen LogP contribution >= 0.6 is 0 Å². The fourth-order valence-electron chi connectivity index (χ4n) is 6.53. The number of rotatable bonds is 11. The predicted molar refractivity (Wildman–Crippen MR) is 178 cm³/mol. The lowest BCUT2D eigenvalue weighted by Crippen LogP contribution is -2.13. The molecule has 2 atom stereocenters. The Morgan fingerprint density at radius 3 is 2.66 bits per heavy atom. The van der Waals surface area contributed by atoms with Gasteiger partial charge in [0.25, 0.3) is 0 Å². The highest BCUT2D eigenvalue weighted by molar-refractivity contribution is 5.81. The molecule has 3 aromatic rings. The highest BCUT2D eigenvalue weighted by Gasteiger charge is 2.23. The fraction of sp³-hybridized carbons (Fsp3) is 0.385. The van der Waals surface area contributed by atoms with E-state index in [1.54, 1.807) is 20.1 Å². The molecule has 0 amide bonds. The van der Waals surface area contributed by atoms with Crippen molar-refractivity contribution >= 4 is 11.9 Å². The molecule has 0 saturated heterocycles. The Hall–Kier alpha value is -3.99. The van der Waals surface area contributed by atoms with Gasteiger partial charge in [0.2, 0.25) is 0 Å². The van der Waals surface area contributed by atoms with Crippen LogP contribution in [-0.2, 0) is 16.0 Å². The number of hydrogen-bond donors (Lipinski definition) is 0. The number of carbonyl (C=O) groups is 1. The van der Waals surface area contributed by atoms with Crippen molar-refractivity contribution in [2.45, 2.75) is 77.6 Å². The van der Waals surface area contributed by atoms with Crippen molar-refractivity contribution in [3.05, 3.63) is 114 Å². The maximum atomic E-state index is 14.0. The van der Waals surface area contributed by atoms with E-state index in [4.69, 9.17) is 9.72 Å². The Balaban J connectivity index is 1.23. The van der Waals surface area contributed by atoms with Crippen molar-refractivity contribution in [2.24, 2.45) is 11.8 Å². The van der Waals surface area contributed by atoms with Gasteiger partial charge >= 0.3 is 0 Å². The Kier molecular flexibility index (Phi) is 10.8. The first-order valence-electron chi connectivity index (χ1n) is 16.1. The number of methoxy groups -OCH3 is 1. The molecule has 4 nitrogen and oxygen atoms in total. The van der Waals surface area contributed by atoms with Crippen LogP contribution in [0.3, 0.4) is 0 Å². The molecule has 1 fully saturated rings. The third-order valence-corrected chi connectivity index (χ3v) is 9.15. The summed E-state index contributed by atoms with van der Waals surface area (Å²) in [5.74, 6) is 2.78. The van der Waals surface area contributed by atoms with Gasteiger partial charge in [0, 0.05) is 23.9 Å². The summed E-state index contributed by atoms with van der Waals surface area (Å²) in [5.41, 5.74) is 5.51. The second-order valence-corrected chi connectivity index (χ2v) is 12.4. The van der Waals surface area contributed by atoms with Gasteiger partial charge in [-0.05, 0) is 110 Å². The first-order chi connectivity index (χ1) is 21.4. The van der Waals surface area contributed by atoms with E-state index in [-0.39, 0.29) is 18.0 Å². The van der Waals surface area contributed by atoms with Crippen LogP contribution in [0.5, 0.6) is 0 Å². The summed E-state index contributed by atoms with van der Waals surface area (Å²) >= 11 is 0. The van der Waals surface area contributed by atoms with Gasteiger partial charge in [0.05, 0.1) is 19.2 Å². The molecule has 0 aliphatic heterocycles. The van der Waals surface area contributed by atoms with Crippen LogP contribution in [0.15, 0.2) is 90.9 Å². The van der Waals surface area contributed by atoms with Gasteiger partial charge < -0.3 is 9.30 Å². The zero-order valence-electron chi connectivity index (χ0n) is 26.2. The van der Waals surface area contributed by atoms with Gasteiger partial charge in [0.1, 0.15) is 23.2 Å². The van der Waals surface area contributed by atoms with E-state index in [0.717, 1.165) is 66.2 Å².